The van der Waals surface area contributed by atoms with E-state index >= 15 is 0 Å². The summed E-state index contributed by atoms with van der Waals surface area (Å²) in [6.07, 6.45) is 2.20. The number of hydrogen-bond acceptors (Lipinski definition) is 3. The minimum Gasteiger partial charge on any atom is -0.491 e. The van der Waals surface area contributed by atoms with Crippen LogP contribution >= 0.6 is 0 Å². The number of ether oxygens (including phenoxy) is 2. The number of methoxy groups -OCH3 is 1. The molecule has 1 N–H and O–H groups in total. The fraction of sp³-hybridized carbons (Fsp3) is 0.438. The van der Waals surface area contributed by atoms with Gasteiger partial charge in [0.1, 0.15) is 12.4 Å². The molecule has 0 spiro atoms. The molecule has 0 radical (unpaired) electrons. The fourth-order valence-corrected chi connectivity index (χ4v) is 1.83. The van der Waals surface area contributed by atoms with Gasteiger partial charge in [-0.1, -0.05) is 6.92 Å². The lowest BCUT2D eigenvalue weighted by atomic mass is 10.00. The quantitative estimate of drug-likeness (QED) is 0.614. The number of carboxylic acids is 1. The van der Waals surface area contributed by atoms with Crippen LogP contribution in [0.25, 0.3) is 6.08 Å². The zero-order chi connectivity index (χ0) is 15.1. The number of benzene rings is 1. The number of hydrogen-bond donors (Lipinski definition) is 1. The van der Waals surface area contributed by atoms with E-state index in [4.69, 9.17) is 14.6 Å². The van der Waals surface area contributed by atoms with E-state index in [-0.39, 0.29) is 0 Å². The normalized spacial score (nSPS) is 11.5. The molecule has 0 aliphatic rings. The first-order chi connectivity index (χ1) is 9.49. The van der Waals surface area contributed by atoms with Crippen LogP contribution in [0.15, 0.2) is 17.7 Å². The summed E-state index contributed by atoms with van der Waals surface area (Å²) in [6, 6.07) is 3.82. The lowest BCUT2D eigenvalue weighted by molar-refractivity contribution is -0.132. The van der Waals surface area contributed by atoms with Gasteiger partial charge in [-0.2, -0.15) is 0 Å². The predicted molar refractivity (Wildman–Crippen MR) is 79.2 cm³/mol. The van der Waals surface area contributed by atoms with Crippen molar-refractivity contribution in [1.82, 2.24) is 0 Å². The topological polar surface area (TPSA) is 55.8 Å². The maximum atomic E-state index is 11.1. The van der Waals surface area contributed by atoms with Crippen LogP contribution in [0.4, 0.5) is 0 Å². The Bertz CT molecular complexity index is 503. The van der Waals surface area contributed by atoms with Gasteiger partial charge in [0, 0.05) is 12.7 Å². The summed E-state index contributed by atoms with van der Waals surface area (Å²) >= 11 is 0. The van der Waals surface area contributed by atoms with Crippen LogP contribution in [0.2, 0.25) is 0 Å². The highest BCUT2D eigenvalue weighted by Gasteiger charge is 2.08. The van der Waals surface area contributed by atoms with Crippen molar-refractivity contribution in [2.24, 2.45) is 0 Å². The van der Waals surface area contributed by atoms with Crippen molar-refractivity contribution in [2.75, 3.05) is 20.3 Å². The lowest BCUT2D eigenvalue weighted by Crippen LogP contribution is -2.05. The Morgan fingerprint density at radius 2 is 2.00 bits per heavy atom. The van der Waals surface area contributed by atoms with E-state index in [9.17, 15) is 4.79 Å². The number of aliphatic carboxylic acids is 1. The standard InChI is InChI=1S/C16H22O4/c1-5-13(16(17)18)9-14-10-15(20-7-6-19-4)8-11(2)12(14)3/h8-10H,5-7H2,1-4H3,(H,17,18)/b13-9+. The summed E-state index contributed by atoms with van der Waals surface area (Å²) in [5, 5.41) is 9.12. The van der Waals surface area contributed by atoms with Gasteiger partial charge in [0.15, 0.2) is 0 Å². The molecule has 110 valence electrons. The molecule has 4 heteroatoms. The highest BCUT2D eigenvalue weighted by molar-refractivity contribution is 5.92. The van der Waals surface area contributed by atoms with Gasteiger partial charge in [-0.05, 0) is 55.2 Å². The second kappa shape index (κ2) is 7.70. The van der Waals surface area contributed by atoms with Crippen LogP contribution in [0, 0.1) is 13.8 Å². The summed E-state index contributed by atoms with van der Waals surface area (Å²) in [6.45, 7) is 6.80. The third-order valence-corrected chi connectivity index (χ3v) is 3.22. The third-order valence-electron chi connectivity index (χ3n) is 3.22. The van der Waals surface area contributed by atoms with Gasteiger partial charge in [-0.25, -0.2) is 4.79 Å². The maximum absolute atomic E-state index is 11.1. The molecule has 20 heavy (non-hydrogen) atoms. The van der Waals surface area contributed by atoms with Crippen LogP contribution in [-0.4, -0.2) is 31.4 Å². The van der Waals surface area contributed by atoms with E-state index in [0.717, 1.165) is 22.4 Å². The van der Waals surface area contributed by atoms with Gasteiger partial charge in [-0.3, -0.25) is 0 Å². The Hall–Kier alpha value is -1.81. The summed E-state index contributed by atoms with van der Waals surface area (Å²) in [5.41, 5.74) is 3.42. The average molecular weight is 278 g/mol. The number of carbonyl (C=O) groups is 1. The van der Waals surface area contributed by atoms with Crippen molar-refractivity contribution < 1.29 is 19.4 Å². The molecular formula is C16H22O4. The SMILES string of the molecule is CC/C(=C\c1cc(OCCOC)cc(C)c1C)C(=O)O. The van der Waals surface area contributed by atoms with Gasteiger partial charge < -0.3 is 14.6 Å². The van der Waals surface area contributed by atoms with Gasteiger partial charge in [-0.15, -0.1) is 0 Å². The first-order valence-corrected chi connectivity index (χ1v) is 6.66. The molecule has 0 atom stereocenters. The first kappa shape index (κ1) is 16.2. The molecule has 0 heterocycles. The Balaban J connectivity index is 3.08. The van der Waals surface area contributed by atoms with E-state index in [1.54, 1.807) is 13.2 Å². The number of rotatable bonds is 7. The molecule has 0 saturated heterocycles. The minimum atomic E-state index is -0.879. The molecule has 1 aromatic rings. The third kappa shape index (κ3) is 4.38. The van der Waals surface area contributed by atoms with Crippen LogP contribution in [0.3, 0.4) is 0 Å². The van der Waals surface area contributed by atoms with E-state index in [1.165, 1.54) is 0 Å². The van der Waals surface area contributed by atoms with Gasteiger partial charge in [0.05, 0.1) is 6.61 Å². The molecule has 0 amide bonds. The summed E-state index contributed by atoms with van der Waals surface area (Å²) in [7, 11) is 1.62. The summed E-state index contributed by atoms with van der Waals surface area (Å²) in [5.74, 6) is -0.146. The molecule has 0 fully saturated rings. The van der Waals surface area contributed by atoms with Gasteiger partial charge in [0.2, 0.25) is 0 Å². The molecule has 0 saturated carbocycles. The number of carboxylic acid groups (broad SMARTS) is 1. The highest BCUT2D eigenvalue weighted by Crippen LogP contribution is 2.24. The highest BCUT2D eigenvalue weighted by atomic mass is 16.5. The maximum Gasteiger partial charge on any atom is 0.331 e. The van der Waals surface area contributed by atoms with E-state index in [0.29, 0.717) is 25.2 Å². The minimum absolute atomic E-state index is 0.390. The van der Waals surface area contributed by atoms with Crippen LogP contribution in [0.5, 0.6) is 5.75 Å². The zero-order valence-corrected chi connectivity index (χ0v) is 12.5. The smallest absolute Gasteiger partial charge is 0.331 e. The molecule has 0 aliphatic carbocycles. The zero-order valence-electron chi connectivity index (χ0n) is 12.5. The van der Waals surface area contributed by atoms with Crippen LogP contribution in [0.1, 0.15) is 30.0 Å². The van der Waals surface area contributed by atoms with E-state index in [1.807, 2.05) is 32.9 Å². The van der Waals surface area contributed by atoms with Crippen LogP contribution in [-0.2, 0) is 9.53 Å². The summed E-state index contributed by atoms with van der Waals surface area (Å²) < 4.78 is 10.5. The molecule has 0 unspecified atom stereocenters. The molecule has 0 aliphatic heterocycles. The predicted octanol–water partition coefficient (Wildman–Crippen LogP) is 3.21. The van der Waals surface area contributed by atoms with Crippen molar-refractivity contribution in [2.45, 2.75) is 27.2 Å². The second-order valence-electron chi connectivity index (χ2n) is 4.62. The van der Waals surface area contributed by atoms with Gasteiger partial charge in [0.25, 0.3) is 0 Å². The van der Waals surface area contributed by atoms with Crippen LogP contribution < -0.4 is 4.74 Å². The van der Waals surface area contributed by atoms with E-state index in [2.05, 4.69) is 0 Å². The Morgan fingerprint density at radius 3 is 2.55 bits per heavy atom. The van der Waals surface area contributed by atoms with Crippen molar-refractivity contribution in [1.29, 1.82) is 0 Å². The summed E-state index contributed by atoms with van der Waals surface area (Å²) in [4.78, 5) is 11.1. The second-order valence-corrected chi connectivity index (χ2v) is 4.62. The molecular weight excluding hydrogens is 256 g/mol. The Kier molecular flexibility index (Phi) is 6.25. The van der Waals surface area contributed by atoms with Crippen molar-refractivity contribution in [3.05, 3.63) is 34.4 Å². The monoisotopic (exact) mass is 278 g/mol. The number of aryl methyl sites for hydroxylation is 1. The van der Waals surface area contributed by atoms with Gasteiger partial charge >= 0.3 is 5.97 Å². The fourth-order valence-electron chi connectivity index (χ4n) is 1.83. The molecule has 1 aromatic carbocycles. The molecule has 1 rings (SSSR count). The average Bonchev–Trinajstić information content (AvgIpc) is 2.40. The van der Waals surface area contributed by atoms with E-state index < -0.39 is 5.97 Å². The Morgan fingerprint density at radius 1 is 1.30 bits per heavy atom. The first-order valence-electron chi connectivity index (χ1n) is 6.66. The molecule has 4 nitrogen and oxygen atoms in total. The Labute approximate surface area is 120 Å². The molecule has 0 aromatic heterocycles. The van der Waals surface area contributed by atoms with Crippen molar-refractivity contribution >= 4 is 12.0 Å². The van der Waals surface area contributed by atoms with Crippen molar-refractivity contribution in [3.8, 4) is 5.75 Å². The molecule has 0 bridgehead atoms. The van der Waals surface area contributed by atoms with Crippen molar-refractivity contribution in [3.63, 3.8) is 0 Å². The lowest BCUT2D eigenvalue weighted by Gasteiger charge is -2.11. The largest absolute Gasteiger partial charge is 0.491 e.